The van der Waals surface area contributed by atoms with Crippen molar-refractivity contribution in [2.24, 2.45) is 0 Å². The Labute approximate surface area is 161 Å². The Hall–Kier alpha value is -3.19. The van der Waals surface area contributed by atoms with Crippen molar-refractivity contribution in [2.45, 2.75) is 32.5 Å². The molecule has 2 aromatic carbocycles. The minimum atomic E-state index is -0.752. The smallest absolute Gasteiger partial charge is 0.243 e. The van der Waals surface area contributed by atoms with Crippen molar-refractivity contribution in [3.63, 3.8) is 0 Å². The molecule has 1 heterocycles. The molecule has 4 N–H and O–H groups in total. The van der Waals surface area contributed by atoms with E-state index >= 15 is 0 Å². The lowest BCUT2D eigenvalue weighted by Crippen LogP contribution is -2.47. The summed E-state index contributed by atoms with van der Waals surface area (Å²) in [5.74, 6) is -1.18. The van der Waals surface area contributed by atoms with Crippen LogP contribution in [0.15, 0.2) is 48.7 Å². The standard InChI is InChI=1S/C21H22FN3O3/c1-13(27)25-20(9-16-11-23-19-5-3-2-4-17(16)19)21(28)24-10-14-6-7-15(12-26)18(22)8-14/h2-8,11,20,23,26H,9-10,12H2,1H3,(H,24,28)(H,25,27). The summed E-state index contributed by atoms with van der Waals surface area (Å²) in [5, 5.41) is 15.4. The predicted octanol–water partition coefficient (Wildman–Crippen LogP) is 2.16. The Morgan fingerprint density at radius 1 is 1.18 bits per heavy atom. The first-order valence-corrected chi connectivity index (χ1v) is 8.96. The largest absolute Gasteiger partial charge is 0.392 e. The summed E-state index contributed by atoms with van der Waals surface area (Å²) in [7, 11) is 0. The summed E-state index contributed by atoms with van der Waals surface area (Å²) in [5.41, 5.74) is 2.64. The van der Waals surface area contributed by atoms with Crippen LogP contribution in [0.1, 0.15) is 23.6 Å². The van der Waals surface area contributed by atoms with Gasteiger partial charge >= 0.3 is 0 Å². The lowest BCUT2D eigenvalue weighted by atomic mass is 10.0. The quantitative estimate of drug-likeness (QED) is 0.504. The number of aromatic amines is 1. The predicted molar refractivity (Wildman–Crippen MR) is 104 cm³/mol. The van der Waals surface area contributed by atoms with Gasteiger partial charge in [-0.1, -0.05) is 30.3 Å². The van der Waals surface area contributed by atoms with Gasteiger partial charge in [-0.3, -0.25) is 9.59 Å². The van der Waals surface area contributed by atoms with Crippen molar-refractivity contribution in [1.29, 1.82) is 0 Å². The highest BCUT2D eigenvalue weighted by molar-refractivity contribution is 5.89. The molecule has 28 heavy (non-hydrogen) atoms. The minimum Gasteiger partial charge on any atom is -0.392 e. The number of aliphatic hydroxyl groups excluding tert-OH is 1. The van der Waals surface area contributed by atoms with Crippen LogP contribution in [0.5, 0.6) is 0 Å². The first-order chi connectivity index (χ1) is 13.5. The van der Waals surface area contributed by atoms with Gasteiger partial charge in [0.25, 0.3) is 0 Å². The summed E-state index contributed by atoms with van der Waals surface area (Å²) in [6.45, 7) is 1.09. The maximum absolute atomic E-state index is 13.8. The zero-order valence-corrected chi connectivity index (χ0v) is 15.5. The van der Waals surface area contributed by atoms with Gasteiger partial charge in [0.15, 0.2) is 0 Å². The van der Waals surface area contributed by atoms with E-state index < -0.39 is 11.9 Å². The zero-order chi connectivity index (χ0) is 20.1. The number of aliphatic hydroxyl groups is 1. The number of H-pyrrole nitrogens is 1. The third-order valence-electron chi connectivity index (χ3n) is 4.55. The van der Waals surface area contributed by atoms with Gasteiger partial charge in [0.1, 0.15) is 11.9 Å². The number of benzene rings is 2. The molecule has 3 aromatic rings. The van der Waals surface area contributed by atoms with E-state index in [1.165, 1.54) is 19.1 Å². The molecule has 0 radical (unpaired) electrons. The van der Waals surface area contributed by atoms with Gasteiger partial charge < -0.3 is 20.7 Å². The molecule has 146 valence electrons. The van der Waals surface area contributed by atoms with Crippen molar-refractivity contribution < 1.29 is 19.1 Å². The Morgan fingerprint density at radius 3 is 2.68 bits per heavy atom. The molecule has 0 saturated carbocycles. The molecule has 0 aliphatic carbocycles. The highest BCUT2D eigenvalue weighted by Crippen LogP contribution is 2.19. The summed E-state index contributed by atoms with van der Waals surface area (Å²) >= 11 is 0. The van der Waals surface area contributed by atoms with E-state index in [-0.39, 0.29) is 30.5 Å². The first-order valence-electron chi connectivity index (χ1n) is 8.96. The van der Waals surface area contributed by atoms with Crippen molar-refractivity contribution in [3.8, 4) is 0 Å². The normalized spacial score (nSPS) is 12.0. The van der Waals surface area contributed by atoms with E-state index in [9.17, 15) is 14.0 Å². The van der Waals surface area contributed by atoms with E-state index in [2.05, 4.69) is 15.6 Å². The molecule has 6 nitrogen and oxygen atoms in total. The fraction of sp³-hybridized carbons (Fsp3) is 0.238. The highest BCUT2D eigenvalue weighted by atomic mass is 19.1. The highest BCUT2D eigenvalue weighted by Gasteiger charge is 2.21. The second-order valence-electron chi connectivity index (χ2n) is 6.62. The molecular weight excluding hydrogens is 361 g/mol. The zero-order valence-electron chi connectivity index (χ0n) is 15.5. The van der Waals surface area contributed by atoms with Crippen molar-refractivity contribution >= 4 is 22.7 Å². The van der Waals surface area contributed by atoms with Crippen LogP contribution in [0, 0.1) is 5.82 Å². The van der Waals surface area contributed by atoms with Crippen LogP contribution in [0.4, 0.5) is 4.39 Å². The molecule has 0 bridgehead atoms. The van der Waals surface area contributed by atoms with Gasteiger partial charge in [0.05, 0.1) is 6.61 Å². The number of nitrogens with one attached hydrogen (secondary N) is 3. The Morgan fingerprint density at radius 2 is 1.96 bits per heavy atom. The number of rotatable bonds is 7. The molecule has 0 aliphatic heterocycles. The lowest BCUT2D eigenvalue weighted by Gasteiger charge is -2.17. The topological polar surface area (TPSA) is 94.2 Å². The molecule has 1 unspecified atom stereocenters. The molecular formula is C21H22FN3O3. The SMILES string of the molecule is CC(=O)NC(Cc1c[nH]c2ccccc12)C(=O)NCc1ccc(CO)c(F)c1. The van der Waals surface area contributed by atoms with Gasteiger partial charge in [0, 0.05) is 42.6 Å². The number of para-hydroxylation sites is 1. The van der Waals surface area contributed by atoms with Crippen molar-refractivity contribution in [1.82, 2.24) is 15.6 Å². The summed E-state index contributed by atoms with van der Waals surface area (Å²) in [6.07, 6.45) is 2.16. The molecule has 0 aliphatic rings. The van der Waals surface area contributed by atoms with Crippen LogP contribution in [0.25, 0.3) is 10.9 Å². The first kappa shape index (κ1) is 19.6. The van der Waals surface area contributed by atoms with Gasteiger partial charge in [-0.25, -0.2) is 4.39 Å². The summed E-state index contributed by atoms with van der Waals surface area (Å²) in [4.78, 5) is 27.4. The molecule has 1 atom stereocenters. The summed E-state index contributed by atoms with van der Waals surface area (Å²) in [6, 6.07) is 11.4. The number of carbonyl (C=O) groups is 2. The fourth-order valence-corrected chi connectivity index (χ4v) is 3.12. The van der Waals surface area contributed by atoms with Crippen molar-refractivity contribution in [3.05, 3.63) is 71.2 Å². The van der Waals surface area contributed by atoms with E-state index in [0.717, 1.165) is 16.5 Å². The maximum atomic E-state index is 13.8. The van der Waals surface area contributed by atoms with E-state index in [1.54, 1.807) is 6.07 Å². The van der Waals surface area contributed by atoms with E-state index in [4.69, 9.17) is 5.11 Å². The van der Waals surface area contributed by atoms with Crippen LogP contribution in [0.3, 0.4) is 0 Å². The molecule has 1 aromatic heterocycles. The second-order valence-corrected chi connectivity index (χ2v) is 6.62. The molecule has 3 rings (SSSR count). The summed E-state index contributed by atoms with van der Waals surface area (Å²) < 4.78 is 13.8. The third kappa shape index (κ3) is 4.55. The average Bonchev–Trinajstić information content (AvgIpc) is 3.08. The van der Waals surface area contributed by atoms with Gasteiger partial charge in [0.2, 0.25) is 11.8 Å². The number of fused-ring (bicyclic) bond motifs is 1. The van der Waals surface area contributed by atoms with E-state index in [1.807, 2.05) is 30.5 Å². The van der Waals surface area contributed by atoms with Gasteiger partial charge in [-0.2, -0.15) is 0 Å². The maximum Gasteiger partial charge on any atom is 0.243 e. The Kier molecular flexibility index (Phi) is 6.06. The average molecular weight is 383 g/mol. The fourth-order valence-electron chi connectivity index (χ4n) is 3.12. The molecule has 7 heteroatoms. The molecule has 0 fully saturated rings. The van der Waals surface area contributed by atoms with Crippen LogP contribution in [-0.4, -0.2) is 27.9 Å². The van der Waals surface area contributed by atoms with E-state index in [0.29, 0.717) is 12.0 Å². The lowest BCUT2D eigenvalue weighted by molar-refractivity contribution is -0.128. The van der Waals surface area contributed by atoms with Crippen LogP contribution in [0.2, 0.25) is 0 Å². The number of aromatic nitrogens is 1. The number of carbonyl (C=O) groups excluding carboxylic acids is 2. The second kappa shape index (κ2) is 8.67. The Balaban J connectivity index is 1.71. The number of hydrogen-bond acceptors (Lipinski definition) is 3. The van der Waals surface area contributed by atoms with Crippen LogP contribution >= 0.6 is 0 Å². The molecule has 0 spiro atoms. The molecule has 2 amide bonds. The monoisotopic (exact) mass is 383 g/mol. The van der Waals surface area contributed by atoms with Gasteiger partial charge in [-0.15, -0.1) is 0 Å². The van der Waals surface area contributed by atoms with Crippen molar-refractivity contribution in [2.75, 3.05) is 0 Å². The number of halogens is 1. The minimum absolute atomic E-state index is 0.116. The Bertz CT molecular complexity index is 999. The van der Waals surface area contributed by atoms with Gasteiger partial charge in [-0.05, 0) is 23.3 Å². The van der Waals surface area contributed by atoms with Crippen LogP contribution < -0.4 is 10.6 Å². The van der Waals surface area contributed by atoms with Crippen LogP contribution in [-0.2, 0) is 29.2 Å². The number of hydrogen-bond donors (Lipinski definition) is 4. The number of amides is 2. The third-order valence-corrected chi connectivity index (χ3v) is 4.55. The molecule has 0 saturated heterocycles.